The molecule has 3 fully saturated rings. The molecule has 0 radical (unpaired) electrons. The number of nitrogens with zero attached hydrogens (tertiary/aromatic N) is 2. The van der Waals surface area contributed by atoms with E-state index in [-0.39, 0.29) is 0 Å². The van der Waals surface area contributed by atoms with Gasteiger partial charge in [0.1, 0.15) is 0 Å². The van der Waals surface area contributed by atoms with Gasteiger partial charge in [-0.3, -0.25) is 4.90 Å². The fourth-order valence-electron chi connectivity index (χ4n) is 4.69. The number of hydrogen-bond donors (Lipinski definition) is 1. The van der Waals surface area contributed by atoms with Crippen LogP contribution in [0.1, 0.15) is 46.0 Å². The minimum Gasteiger partial charge on any atom is -0.327 e. The summed E-state index contributed by atoms with van der Waals surface area (Å²) in [6.07, 6.45) is 6.80. The van der Waals surface area contributed by atoms with Gasteiger partial charge in [-0.05, 0) is 56.4 Å². The van der Waals surface area contributed by atoms with E-state index in [2.05, 4.69) is 23.6 Å². The van der Waals surface area contributed by atoms with Crippen molar-refractivity contribution in [2.75, 3.05) is 32.7 Å². The highest BCUT2D eigenvalue weighted by molar-refractivity contribution is 4.90. The van der Waals surface area contributed by atoms with Gasteiger partial charge < -0.3 is 10.6 Å². The molecule has 0 aromatic carbocycles. The molecule has 0 aromatic rings. The number of nitrogens with two attached hydrogens (primary N) is 1. The molecule has 20 heavy (non-hydrogen) atoms. The lowest BCUT2D eigenvalue weighted by atomic mass is 9.73. The molecule has 2 N–H and O–H groups in total. The van der Waals surface area contributed by atoms with Crippen molar-refractivity contribution >= 4 is 0 Å². The molecule has 4 atom stereocenters. The molecule has 2 aliphatic heterocycles. The second-order valence-corrected chi connectivity index (χ2v) is 7.83. The quantitative estimate of drug-likeness (QED) is 0.859. The molecule has 1 saturated carbocycles. The zero-order valence-corrected chi connectivity index (χ0v) is 13.4. The van der Waals surface area contributed by atoms with Crippen molar-refractivity contribution in [2.45, 2.75) is 58.0 Å². The van der Waals surface area contributed by atoms with Crippen molar-refractivity contribution in [1.29, 1.82) is 0 Å². The Kier molecular flexibility index (Phi) is 4.68. The van der Waals surface area contributed by atoms with E-state index >= 15 is 0 Å². The first-order valence-electron chi connectivity index (χ1n) is 8.85. The van der Waals surface area contributed by atoms with Gasteiger partial charge in [0.25, 0.3) is 0 Å². The van der Waals surface area contributed by atoms with E-state index in [0.717, 1.165) is 23.8 Å². The highest BCUT2D eigenvalue weighted by Crippen LogP contribution is 2.34. The Hall–Kier alpha value is -0.120. The number of piperazine rings is 1. The fourth-order valence-corrected chi connectivity index (χ4v) is 4.69. The van der Waals surface area contributed by atoms with Crippen LogP contribution in [0.25, 0.3) is 0 Å². The Morgan fingerprint density at radius 2 is 1.95 bits per heavy atom. The van der Waals surface area contributed by atoms with Gasteiger partial charge >= 0.3 is 0 Å². The zero-order valence-electron chi connectivity index (χ0n) is 13.4. The van der Waals surface area contributed by atoms with Gasteiger partial charge in [-0.15, -0.1) is 0 Å². The van der Waals surface area contributed by atoms with Gasteiger partial charge in [0.05, 0.1) is 0 Å². The van der Waals surface area contributed by atoms with Crippen molar-refractivity contribution in [3.63, 3.8) is 0 Å². The monoisotopic (exact) mass is 279 g/mol. The highest BCUT2D eigenvalue weighted by atomic mass is 15.3. The molecule has 3 aliphatic rings. The van der Waals surface area contributed by atoms with E-state index in [9.17, 15) is 0 Å². The molecule has 0 aromatic heterocycles. The normalized spacial score (nSPS) is 40.2. The number of fused-ring (bicyclic) bond motifs is 1. The summed E-state index contributed by atoms with van der Waals surface area (Å²) in [4.78, 5) is 5.42. The van der Waals surface area contributed by atoms with Crippen molar-refractivity contribution in [3.8, 4) is 0 Å². The maximum atomic E-state index is 6.43. The molecule has 2 heterocycles. The Bertz CT molecular complexity index is 317. The third kappa shape index (κ3) is 3.20. The van der Waals surface area contributed by atoms with E-state index in [4.69, 9.17) is 5.73 Å². The van der Waals surface area contributed by atoms with Crippen molar-refractivity contribution in [1.82, 2.24) is 9.80 Å². The SMILES string of the molecule is CC(C)C1CCC(N)C(CN2CCN3CCCC3C2)C1. The molecule has 4 unspecified atom stereocenters. The zero-order chi connectivity index (χ0) is 14.1. The van der Waals surface area contributed by atoms with E-state index in [1.54, 1.807) is 0 Å². The minimum absolute atomic E-state index is 0.451. The molecule has 3 nitrogen and oxygen atoms in total. The third-order valence-electron chi connectivity index (χ3n) is 6.19. The van der Waals surface area contributed by atoms with Crippen LogP contribution < -0.4 is 5.73 Å². The third-order valence-corrected chi connectivity index (χ3v) is 6.19. The summed E-state index contributed by atoms with van der Waals surface area (Å²) in [6.45, 7) is 11.2. The van der Waals surface area contributed by atoms with Crippen LogP contribution in [-0.2, 0) is 0 Å². The van der Waals surface area contributed by atoms with E-state index < -0.39 is 0 Å². The second-order valence-electron chi connectivity index (χ2n) is 7.83. The number of hydrogen-bond acceptors (Lipinski definition) is 3. The van der Waals surface area contributed by atoms with Crippen LogP contribution in [0.2, 0.25) is 0 Å². The van der Waals surface area contributed by atoms with Crippen molar-refractivity contribution in [2.24, 2.45) is 23.5 Å². The smallest absolute Gasteiger partial charge is 0.0224 e. The van der Waals surface area contributed by atoms with Crippen LogP contribution >= 0.6 is 0 Å². The highest BCUT2D eigenvalue weighted by Gasteiger charge is 2.34. The predicted octanol–water partition coefficient (Wildman–Crippen LogP) is 2.17. The Labute approximate surface area is 124 Å². The summed E-state index contributed by atoms with van der Waals surface area (Å²) in [5.41, 5.74) is 6.43. The van der Waals surface area contributed by atoms with Crippen LogP contribution in [0.5, 0.6) is 0 Å². The van der Waals surface area contributed by atoms with Gasteiger partial charge in [0.15, 0.2) is 0 Å². The summed E-state index contributed by atoms with van der Waals surface area (Å²) in [6, 6.07) is 1.30. The average Bonchev–Trinajstić information content (AvgIpc) is 2.88. The molecule has 0 spiro atoms. The summed E-state index contributed by atoms with van der Waals surface area (Å²) < 4.78 is 0. The molecule has 3 rings (SSSR count). The summed E-state index contributed by atoms with van der Waals surface area (Å²) in [7, 11) is 0. The first kappa shape index (κ1) is 14.8. The lowest BCUT2D eigenvalue weighted by Gasteiger charge is -2.42. The second kappa shape index (κ2) is 6.33. The molecule has 3 heteroatoms. The van der Waals surface area contributed by atoms with Crippen LogP contribution in [-0.4, -0.2) is 54.6 Å². The molecular formula is C17H33N3. The van der Waals surface area contributed by atoms with E-state index in [0.29, 0.717) is 6.04 Å². The van der Waals surface area contributed by atoms with E-state index in [1.165, 1.54) is 64.8 Å². The summed E-state index contributed by atoms with van der Waals surface area (Å²) in [5, 5.41) is 0. The van der Waals surface area contributed by atoms with Gasteiger partial charge in [0.2, 0.25) is 0 Å². The Balaban J connectivity index is 1.53. The number of rotatable bonds is 3. The topological polar surface area (TPSA) is 32.5 Å². The van der Waals surface area contributed by atoms with Gasteiger partial charge in [-0.2, -0.15) is 0 Å². The minimum atomic E-state index is 0.451. The standard InChI is InChI=1S/C17H33N3/c1-13(2)14-5-6-17(18)15(10-14)11-19-8-9-20-7-3-4-16(20)12-19/h13-17H,3-12,18H2,1-2H3. The van der Waals surface area contributed by atoms with Gasteiger partial charge in [-0.25, -0.2) is 0 Å². The summed E-state index contributed by atoms with van der Waals surface area (Å²) >= 11 is 0. The lowest BCUT2D eigenvalue weighted by Crippen LogP contribution is -2.53. The average molecular weight is 279 g/mol. The molecule has 2 saturated heterocycles. The largest absolute Gasteiger partial charge is 0.327 e. The molecule has 116 valence electrons. The first-order valence-corrected chi connectivity index (χ1v) is 8.85. The maximum Gasteiger partial charge on any atom is 0.0224 e. The Morgan fingerprint density at radius 3 is 2.75 bits per heavy atom. The van der Waals surface area contributed by atoms with Gasteiger partial charge in [0, 0.05) is 38.3 Å². The van der Waals surface area contributed by atoms with Gasteiger partial charge in [-0.1, -0.05) is 13.8 Å². The van der Waals surface area contributed by atoms with Crippen LogP contribution in [0.15, 0.2) is 0 Å². The molecular weight excluding hydrogens is 246 g/mol. The molecule has 1 aliphatic carbocycles. The van der Waals surface area contributed by atoms with Crippen LogP contribution in [0.3, 0.4) is 0 Å². The Morgan fingerprint density at radius 1 is 1.10 bits per heavy atom. The molecule has 0 amide bonds. The maximum absolute atomic E-state index is 6.43. The summed E-state index contributed by atoms with van der Waals surface area (Å²) in [5.74, 6) is 2.48. The first-order chi connectivity index (χ1) is 9.63. The lowest BCUT2D eigenvalue weighted by molar-refractivity contribution is 0.0705. The predicted molar refractivity (Wildman–Crippen MR) is 84.7 cm³/mol. The van der Waals surface area contributed by atoms with E-state index in [1.807, 2.05) is 0 Å². The van der Waals surface area contributed by atoms with Crippen molar-refractivity contribution in [3.05, 3.63) is 0 Å². The fraction of sp³-hybridized carbons (Fsp3) is 1.00. The van der Waals surface area contributed by atoms with Crippen LogP contribution in [0.4, 0.5) is 0 Å². The molecule has 0 bridgehead atoms. The van der Waals surface area contributed by atoms with Crippen LogP contribution in [0, 0.1) is 17.8 Å². The van der Waals surface area contributed by atoms with Crippen molar-refractivity contribution < 1.29 is 0 Å².